The highest BCUT2D eigenvalue weighted by Crippen LogP contribution is 2.36. The van der Waals surface area contributed by atoms with Crippen LogP contribution in [0.5, 0.6) is 0 Å². The van der Waals surface area contributed by atoms with Gasteiger partial charge in [-0.2, -0.15) is 8.42 Å². The van der Waals surface area contributed by atoms with Crippen molar-refractivity contribution in [3.05, 3.63) is 51.4 Å². The summed E-state index contributed by atoms with van der Waals surface area (Å²) in [7, 11) is -2.91. The van der Waals surface area contributed by atoms with Gasteiger partial charge in [-0.05, 0) is 29.7 Å². The Hall–Kier alpha value is -1.45. The number of hydrogen-bond acceptors (Lipinski definition) is 6. The first kappa shape index (κ1) is 18.3. The molecule has 0 amide bonds. The van der Waals surface area contributed by atoms with Crippen LogP contribution < -0.4 is 0 Å². The van der Waals surface area contributed by atoms with E-state index in [9.17, 15) is 17.8 Å². The topological polar surface area (TPSA) is 83.9 Å². The molecule has 1 aromatic heterocycles. The third-order valence-electron chi connectivity index (χ3n) is 4.12. The molecule has 0 saturated carbocycles. The monoisotopic (exact) mass is 401 g/mol. The average molecular weight is 402 g/mol. The number of methoxy groups -OCH3 is 1. The second-order valence-electron chi connectivity index (χ2n) is 5.66. The Morgan fingerprint density at radius 1 is 1.40 bits per heavy atom. The Kier molecular flexibility index (Phi) is 5.17. The first-order chi connectivity index (χ1) is 11.8. The lowest BCUT2D eigenvalue weighted by Crippen LogP contribution is -2.38. The first-order valence-electron chi connectivity index (χ1n) is 7.46. The average Bonchev–Trinajstić information content (AvgIpc) is 3.00. The van der Waals surface area contributed by atoms with Crippen molar-refractivity contribution in [1.29, 1.82) is 0 Å². The van der Waals surface area contributed by atoms with Crippen LogP contribution in [0.2, 0.25) is 5.02 Å². The molecule has 2 heterocycles. The van der Waals surface area contributed by atoms with E-state index in [0.29, 0.717) is 30.1 Å². The molecule has 0 aliphatic carbocycles. The molecule has 0 radical (unpaired) electrons. The maximum absolute atomic E-state index is 12.4. The highest BCUT2D eigenvalue weighted by atomic mass is 35.5. The molecule has 0 saturated heterocycles. The number of hydrogen-bond donors (Lipinski definition) is 1. The molecule has 134 valence electrons. The number of benzene rings is 1. The molecular formula is C16H16ClNO5S2. The van der Waals surface area contributed by atoms with Gasteiger partial charge < -0.3 is 4.74 Å². The summed E-state index contributed by atoms with van der Waals surface area (Å²) in [6.07, 6.45) is 0.577. The molecule has 3 rings (SSSR count). The summed E-state index contributed by atoms with van der Waals surface area (Å²) in [5, 5.41) is 0.465. The number of ether oxygens (including phenoxy) is 1. The lowest BCUT2D eigenvalue weighted by molar-refractivity contribution is -0.147. The van der Waals surface area contributed by atoms with E-state index in [0.717, 1.165) is 21.8 Å². The van der Waals surface area contributed by atoms with Gasteiger partial charge in [0.15, 0.2) is 0 Å². The van der Waals surface area contributed by atoms with Gasteiger partial charge in [-0.15, -0.1) is 11.3 Å². The molecule has 0 bridgehead atoms. The van der Waals surface area contributed by atoms with Gasteiger partial charge >= 0.3 is 16.1 Å². The fourth-order valence-corrected chi connectivity index (χ4v) is 5.10. The number of carbonyl (C=O) groups excluding carboxylic acids is 1. The third-order valence-corrected chi connectivity index (χ3v) is 7.00. The second kappa shape index (κ2) is 7.05. The van der Waals surface area contributed by atoms with Crippen LogP contribution in [0.3, 0.4) is 0 Å². The zero-order valence-corrected chi connectivity index (χ0v) is 15.7. The maximum Gasteiger partial charge on any atom is 0.327 e. The zero-order chi connectivity index (χ0) is 18.2. The van der Waals surface area contributed by atoms with Crippen LogP contribution in [0.25, 0.3) is 0 Å². The van der Waals surface area contributed by atoms with Gasteiger partial charge in [0.05, 0.1) is 7.11 Å². The van der Waals surface area contributed by atoms with Gasteiger partial charge in [0.25, 0.3) is 0 Å². The predicted molar refractivity (Wildman–Crippen MR) is 94.5 cm³/mol. The van der Waals surface area contributed by atoms with Gasteiger partial charge in [0, 0.05) is 23.0 Å². The van der Waals surface area contributed by atoms with Crippen molar-refractivity contribution in [2.45, 2.75) is 23.2 Å². The van der Waals surface area contributed by atoms with E-state index < -0.39 is 22.1 Å². The van der Waals surface area contributed by atoms with Gasteiger partial charge in [-0.3, -0.25) is 9.45 Å². The summed E-state index contributed by atoms with van der Waals surface area (Å²) < 4.78 is 36.8. The molecule has 1 aliphatic heterocycles. The highest BCUT2D eigenvalue weighted by Gasteiger charge is 2.33. The van der Waals surface area contributed by atoms with Crippen molar-refractivity contribution < 1.29 is 22.5 Å². The summed E-state index contributed by atoms with van der Waals surface area (Å²) in [6, 6.07) is 7.85. The molecule has 2 aromatic rings. The normalized spacial score (nSPS) is 16.3. The fraction of sp³-hybridized carbons (Fsp3) is 0.312. The Morgan fingerprint density at radius 2 is 2.12 bits per heavy atom. The summed E-state index contributed by atoms with van der Waals surface area (Å²) in [4.78, 5) is 15.2. The van der Waals surface area contributed by atoms with E-state index in [1.54, 1.807) is 24.3 Å². The van der Waals surface area contributed by atoms with Crippen LogP contribution in [0, 0.1) is 0 Å². The van der Waals surface area contributed by atoms with Crippen LogP contribution in [0.15, 0.2) is 34.5 Å². The van der Waals surface area contributed by atoms with E-state index in [2.05, 4.69) is 0 Å². The van der Waals surface area contributed by atoms with E-state index in [4.69, 9.17) is 16.3 Å². The predicted octanol–water partition coefficient (Wildman–Crippen LogP) is 2.92. The molecule has 0 fully saturated rings. The minimum Gasteiger partial charge on any atom is -0.468 e. The molecule has 0 spiro atoms. The number of fused-ring (bicyclic) bond motifs is 1. The fourth-order valence-electron chi connectivity index (χ4n) is 2.96. The van der Waals surface area contributed by atoms with Crippen LogP contribution >= 0.6 is 22.9 Å². The minimum atomic E-state index is -4.23. The summed E-state index contributed by atoms with van der Waals surface area (Å²) in [5.74, 6) is -0.429. The van der Waals surface area contributed by atoms with Crippen molar-refractivity contribution in [2.24, 2.45) is 0 Å². The Bertz CT molecular complexity index is 909. The van der Waals surface area contributed by atoms with Crippen molar-refractivity contribution >= 4 is 39.0 Å². The number of esters is 1. The van der Waals surface area contributed by atoms with Crippen LogP contribution in [-0.2, 0) is 32.6 Å². The largest absolute Gasteiger partial charge is 0.468 e. The maximum atomic E-state index is 12.4. The van der Waals surface area contributed by atoms with Crippen molar-refractivity contribution in [2.75, 3.05) is 13.7 Å². The second-order valence-corrected chi connectivity index (χ2v) is 8.85. The molecule has 0 unspecified atom stereocenters. The number of rotatable bonds is 4. The molecule has 1 N–H and O–H groups in total. The van der Waals surface area contributed by atoms with Gasteiger partial charge in [-0.25, -0.2) is 4.79 Å². The molecule has 25 heavy (non-hydrogen) atoms. The van der Waals surface area contributed by atoms with Crippen LogP contribution in [-0.4, -0.2) is 37.5 Å². The quantitative estimate of drug-likeness (QED) is 0.626. The molecule has 1 atom stereocenters. The smallest absolute Gasteiger partial charge is 0.327 e. The molecule has 1 aromatic carbocycles. The van der Waals surface area contributed by atoms with Crippen LogP contribution in [0.4, 0.5) is 0 Å². The summed E-state index contributed by atoms with van der Waals surface area (Å²) in [5.41, 5.74) is 1.43. The van der Waals surface area contributed by atoms with Crippen molar-refractivity contribution in [1.82, 2.24) is 4.90 Å². The van der Waals surface area contributed by atoms with E-state index in [1.807, 2.05) is 4.90 Å². The number of thiophene rings is 1. The SMILES string of the molecule is COC(=O)[C@H](c1ccccc1Cl)N1CCc2sc(S(=O)(=O)O)cc2C1. The van der Waals surface area contributed by atoms with Crippen LogP contribution in [0.1, 0.15) is 22.0 Å². The van der Waals surface area contributed by atoms with Gasteiger partial charge in [-0.1, -0.05) is 29.8 Å². The minimum absolute atomic E-state index is 0.0771. The highest BCUT2D eigenvalue weighted by molar-refractivity contribution is 7.88. The van der Waals surface area contributed by atoms with E-state index in [-0.39, 0.29) is 4.21 Å². The Morgan fingerprint density at radius 3 is 2.76 bits per heavy atom. The lowest BCUT2D eigenvalue weighted by atomic mass is 10.0. The number of nitrogens with zero attached hydrogens (tertiary/aromatic N) is 1. The number of halogens is 1. The van der Waals surface area contributed by atoms with Crippen molar-refractivity contribution in [3.63, 3.8) is 0 Å². The molecule has 9 heteroatoms. The van der Waals surface area contributed by atoms with E-state index in [1.165, 1.54) is 13.2 Å². The standard InChI is InChI=1S/C16H16ClNO5S2/c1-23-16(19)15(11-4-2-3-5-12(11)17)18-7-6-13-10(9-18)8-14(24-13)25(20,21)22/h2-5,8,15H,6-7,9H2,1H3,(H,20,21,22)/t15-/m0/s1. The van der Waals surface area contributed by atoms with Crippen molar-refractivity contribution in [3.8, 4) is 0 Å². The summed E-state index contributed by atoms with van der Waals surface area (Å²) in [6.45, 7) is 0.912. The Balaban J connectivity index is 1.95. The zero-order valence-electron chi connectivity index (χ0n) is 13.3. The molecule has 6 nitrogen and oxygen atoms in total. The lowest BCUT2D eigenvalue weighted by Gasteiger charge is -2.33. The molecule has 1 aliphatic rings. The molecular weight excluding hydrogens is 386 g/mol. The third kappa shape index (κ3) is 3.73. The number of carbonyl (C=O) groups is 1. The van der Waals surface area contributed by atoms with E-state index >= 15 is 0 Å². The first-order valence-corrected chi connectivity index (χ1v) is 10.1. The summed E-state index contributed by atoms with van der Waals surface area (Å²) >= 11 is 7.32. The Labute approximate surface area is 154 Å². The van der Waals surface area contributed by atoms with Gasteiger partial charge in [0.2, 0.25) is 0 Å². The van der Waals surface area contributed by atoms with Gasteiger partial charge in [0.1, 0.15) is 10.3 Å².